The van der Waals surface area contributed by atoms with Crippen LogP contribution in [0.25, 0.3) is 10.4 Å². The largest absolute Gasteiger partial charge is 0.381 e. The Morgan fingerprint density at radius 3 is 2.64 bits per heavy atom. The number of thiophene rings is 1. The van der Waals surface area contributed by atoms with E-state index in [0.29, 0.717) is 11.5 Å². The lowest BCUT2D eigenvalue weighted by molar-refractivity contribution is -0.384. The van der Waals surface area contributed by atoms with Crippen molar-refractivity contribution in [2.75, 3.05) is 45.9 Å². The Morgan fingerprint density at radius 2 is 1.89 bits per heavy atom. The van der Waals surface area contributed by atoms with Crippen LogP contribution in [0.4, 0.5) is 5.69 Å². The highest BCUT2D eigenvalue weighted by Crippen LogP contribution is 2.35. The molecule has 0 N–H and O–H groups in total. The van der Waals surface area contributed by atoms with Crippen LogP contribution in [0.5, 0.6) is 0 Å². The van der Waals surface area contributed by atoms with Crippen molar-refractivity contribution in [1.82, 2.24) is 9.80 Å². The molecule has 2 fully saturated rings. The monoisotopic (exact) mass is 401 g/mol. The maximum Gasteiger partial charge on any atom is 0.278 e. The van der Waals surface area contributed by atoms with Crippen LogP contribution in [-0.2, 0) is 11.3 Å². The Hall–Kier alpha value is -1.80. The molecule has 28 heavy (non-hydrogen) atoms. The molecule has 0 radical (unpaired) electrons. The van der Waals surface area contributed by atoms with Crippen LogP contribution in [0, 0.1) is 16.0 Å². The molecule has 2 aliphatic heterocycles. The summed E-state index contributed by atoms with van der Waals surface area (Å²) in [7, 11) is 0. The minimum Gasteiger partial charge on any atom is -0.381 e. The first-order valence-electron chi connectivity index (χ1n) is 10.0. The van der Waals surface area contributed by atoms with E-state index in [1.807, 2.05) is 18.2 Å². The van der Waals surface area contributed by atoms with Crippen molar-refractivity contribution in [3.05, 3.63) is 51.4 Å². The van der Waals surface area contributed by atoms with E-state index >= 15 is 0 Å². The molecule has 3 heterocycles. The van der Waals surface area contributed by atoms with Crippen molar-refractivity contribution < 1.29 is 9.66 Å². The summed E-state index contributed by atoms with van der Waals surface area (Å²) < 4.78 is 5.61. The minimum atomic E-state index is -0.300. The summed E-state index contributed by atoms with van der Waals surface area (Å²) >= 11 is 1.66. The standard InChI is InChI=1S/C21H27N3O3S/c25-24(26)20-6-2-1-5-19(20)21-8-7-18(28-21)15-23-11-9-22(10-12-23)14-17-4-3-13-27-16-17/h1-2,5-8,17H,3-4,9-16H2/t17-/m0/s1. The third-order valence-electron chi connectivity index (χ3n) is 5.64. The number of benzene rings is 1. The fourth-order valence-corrected chi connectivity index (χ4v) is 5.20. The summed E-state index contributed by atoms with van der Waals surface area (Å²) in [5, 5.41) is 11.3. The summed E-state index contributed by atoms with van der Waals surface area (Å²) in [6.45, 7) is 8.31. The Morgan fingerprint density at radius 1 is 1.11 bits per heavy atom. The second kappa shape index (κ2) is 9.13. The van der Waals surface area contributed by atoms with Crippen LogP contribution < -0.4 is 0 Å². The van der Waals surface area contributed by atoms with Crippen LogP contribution in [0.1, 0.15) is 17.7 Å². The van der Waals surface area contributed by atoms with Crippen LogP contribution in [-0.4, -0.2) is 60.7 Å². The van der Waals surface area contributed by atoms with Gasteiger partial charge in [-0.1, -0.05) is 12.1 Å². The number of piperazine rings is 1. The fraction of sp³-hybridized carbons (Fsp3) is 0.524. The molecule has 1 atom stereocenters. The van der Waals surface area contributed by atoms with Crippen LogP contribution in [0.2, 0.25) is 0 Å². The zero-order valence-electron chi connectivity index (χ0n) is 16.1. The summed E-state index contributed by atoms with van der Waals surface area (Å²) in [4.78, 5) is 18.3. The second-order valence-electron chi connectivity index (χ2n) is 7.70. The molecule has 0 aliphatic carbocycles. The molecule has 0 bridgehead atoms. The molecule has 2 aliphatic rings. The summed E-state index contributed by atoms with van der Waals surface area (Å²) in [5.41, 5.74) is 0.888. The lowest BCUT2D eigenvalue weighted by Crippen LogP contribution is -2.47. The minimum absolute atomic E-state index is 0.177. The number of nitrogens with zero attached hydrogens (tertiary/aromatic N) is 3. The third-order valence-corrected chi connectivity index (χ3v) is 6.75. The van der Waals surface area contributed by atoms with Gasteiger partial charge in [-0.05, 0) is 37.0 Å². The quantitative estimate of drug-likeness (QED) is 0.543. The molecule has 6 nitrogen and oxygen atoms in total. The first-order chi connectivity index (χ1) is 13.7. The van der Waals surface area contributed by atoms with Crippen molar-refractivity contribution >= 4 is 17.0 Å². The normalized spacial score (nSPS) is 21.6. The first kappa shape index (κ1) is 19.5. The average Bonchev–Trinajstić information content (AvgIpc) is 3.18. The molecule has 7 heteroatoms. The van der Waals surface area contributed by atoms with Crippen molar-refractivity contribution in [3.8, 4) is 10.4 Å². The van der Waals surface area contributed by atoms with Gasteiger partial charge in [-0.3, -0.25) is 15.0 Å². The molecule has 2 aromatic rings. The summed E-state index contributed by atoms with van der Waals surface area (Å²) in [6, 6.07) is 11.1. The highest BCUT2D eigenvalue weighted by Gasteiger charge is 2.22. The Kier molecular flexibility index (Phi) is 6.36. The van der Waals surface area contributed by atoms with Gasteiger partial charge in [0.15, 0.2) is 0 Å². The lowest BCUT2D eigenvalue weighted by Gasteiger charge is -2.37. The average molecular weight is 402 g/mol. The highest BCUT2D eigenvalue weighted by molar-refractivity contribution is 7.15. The van der Waals surface area contributed by atoms with Crippen LogP contribution in [0.3, 0.4) is 0 Å². The van der Waals surface area contributed by atoms with E-state index in [1.54, 1.807) is 23.5 Å². The Balaban J connectivity index is 1.31. The maximum absolute atomic E-state index is 11.3. The smallest absolute Gasteiger partial charge is 0.278 e. The molecule has 150 valence electrons. The molecule has 0 amide bonds. The topological polar surface area (TPSA) is 58.9 Å². The summed E-state index contributed by atoms with van der Waals surface area (Å²) in [5.74, 6) is 0.696. The molecule has 0 unspecified atom stereocenters. The molecule has 4 rings (SSSR count). The van der Waals surface area contributed by atoms with Crippen molar-refractivity contribution in [3.63, 3.8) is 0 Å². The van der Waals surface area contributed by atoms with Gasteiger partial charge in [-0.2, -0.15) is 0 Å². The van der Waals surface area contributed by atoms with E-state index in [-0.39, 0.29) is 10.6 Å². The molecule has 1 aromatic carbocycles. The van der Waals surface area contributed by atoms with E-state index < -0.39 is 0 Å². The first-order valence-corrected chi connectivity index (χ1v) is 10.9. The van der Waals surface area contributed by atoms with Gasteiger partial charge in [0, 0.05) is 61.7 Å². The molecule has 0 saturated carbocycles. The van der Waals surface area contributed by atoms with Crippen LogP contribution >= 0.6 is 11.3 Å². The maximum atomic E-state index is 11.3. The Bertz CT molecular complexity index is 796. The predicted octanol–water partition coefficient (Wildman–Crippen LogP) is 3.87. The van der Waals surface area contributed by atoms with E-state index in [9.17, 15) is 10.1 Å². The van der Waals surface area contributed by atoms with Crippen molar-refractivity contribution in [2.24, 2.45) is 5.92 Å². The molecule has 1 aromatic heterocycles. The molecule has 2 saturated heterocycles. The molecular formula is C21H27N3O3S. The highest BCUT2D eigenvalue weighted by atomic mass is 32.1. The van der Waals surface area contributed by atoms with E-state index in [4.69, 9.17) is 4.74 Å². The van der Waals surface area contributed by atoms with E-state index in [2.05, 4.69) is 15.9 Å². The third kappa shape index (κ3) is 4.78. The number of hydrogen-bond donors (Lipinski definition) is 0. The van der Waals surface area contributed by atoms with Gasteiger partial charge in [-0.25, -0.2) is 0 Å². The van der Waals surface area contributed by atoms with E-state index in [1.165, 1.54) is 17.7 Å². The number of rotatable bonds is 6. The van der Waals surface area contributed by atoms with Crippen molar-refractivity contribution in [1.29, 1.82) is 0 Å². The number of nitro groups is 1. The molecule has 0 spiro atoms. The van der Waals surface area contributed by atoms with E-state index in [0.717, 1.165) is 57.4 Å². The van der Waals surface area contributed by atoms with Crippen LogP contribution in [0.15, 0.2) is 36.4 Å². The van der Waals surface area contributed by atoms with Gasteiger partial charge in [0.1, 0.15) is 0 Å². The zero-order valence-corrected chi connectivity index (χ0v) is 16.9. The van der Waals surface area contributed by atoms with Gasteiger partial charge < -0.3 is 9.64 Å². The lowest BCUT2D eigenvalue weighted by atomic mass is 10.0. The van der Waals surface area contributed by atoms with Gasteiger partial charge in [-0.15, -0.1) is 11.3 Å². The SMILES string of the molecule is O=[N+]([O-])c1ccccc1-c1ccc(CN2CCN(C[C@@H]3CCCOC3)CC2)s1. The number of para-hydroxylation sites is 1. The predicted molar refractivity (Wildman–Crippen MR) is 112 cm³/mol. The van der Waals surface area contributed by atoms with Gasteiger partial charge >= 0.3 is 0 Å². The zero-order chi connectivity index (χ0) is 19.3. The van der Waals surface area contributed by atoms with Gasteiger partial charge in [0.2, 0.25) is 0 Å². The second-order valence-corrected chi connectivity index (χ2v) is 8.87. The Labute approximate surface area is 169 Å². The fourth-order valence-electron chi connectivity index (χ4n) is 4.12. The summed E-state index contributed by atoms with van der Waals surface area (Å²) in [6.07, 6.45) is 2.49. The van der Waals surface area contributed by atoms with Crippen molar-refractivity contribution in [2.45, 2.75) is 19.4 Å². The number of hydrogen-bond acceptors (Lipinski definition) is 6. The van der Waals surface area contributed by atoms with Gasteiger partial charge in [0.05, 0.1) is 17.1 Å². The number of nitro benzene ring substituents is 1. The van der Waals surface area contributed by atoms with Gasteiger partial charge in [0.25, 0.3) is 5.69 Å². The molecular weight excluding hydrogens is 374 g/mol. The number of ether oxygens (including phenoxy) is 1.